The fourth-order valence-corrected chi connectivity index (χ4v) is 1.85. The molecule has 11 heavy (non-hydrogen) atoms. The Labute approximate surface area is 69.3 Å². The molecule has 0 aromatic heterocycles. The summed E-state index contributed by atoms with van der Waals surface area (Å²) >= 11 is 0. The maximum Gasteiger partial charge on any atom is 0.0425 e. The summed E-state index contributed by atoms with van der Waals surface area (Å²) in [6.07, 6.45) is 0. The minimum absolute atomic E-state index is 0.0759. The zero-order valence-electron chi connectivity index (χ0n) is 7.10. The topological polar surface area (TPSA) is 20.2 Å². The zero-order valence-corrected chi connectivity index (χ0v) is 8.10. The second kappa shape index (κ2) is 3.34. The van der Waals surface area contributed by atoms with Crippen molar-refractivity contribution in [2.45, 2.75) is 20.8 Å². The van der Waals surface area contributed by atoms with E-state index in [0.717, 1.165) is 5.30 Å². The third-order valence-electron chi connectivity index (χ3n) is 1.79. The Bertz CT molecular complexity index is 245. The van der Waals surface area contributed by atoms with Gasteiger partial charge in [-0.2, -0.15) is 0 Å². The average Bonchev–Trinajstić information content (AvgIpc) is 1.85. The Morgan fingerprint density at radius 3 is 1.91 bits per heavy atom. The van der Waals surface area contributed by atoms with Gasteiger partial charge in [-0.3, -0.25) is 0 Å². The van der Waals surface area contributed by atoms with E-state index in [4.69, 9.17) is 4.89 Å². The Morgan fingerprint density at radius 1 is 1.09 bits per heavy atom. The van der Waals surface area contributed by atoms with Gasteiger partial charge < -0.3 is 4.89 Å². The predicted octanol–water partition coefficient (Wildman–Crippen LogP) is 1.82. The van der Waals surface area contributed by atoms with Crippen molar-refractivity contribution in [3.63, 3.8) is 0 Å². The first-order valence-electron chi connectivity index (χ1n) is 3.63. The van der Waals surface area contributed by atoms with Crippen LogP contribution in [0.15, 0.2) is 12.1 Å². The van der Waals surface area contributed by atoms with Crippen LogP contribution in [0.4, 0.5) is 0 Å². The van der Waals surface area contributed by atoms with E-state index in [9.17, 15) is 0 Å². The summed E-state index contributed by atoms with van der Waals surface area (Å²) in [6, 6.07) is 4.21. The molecule has 0 aliphatic heterocycles. The quantitative estimate of drug-likeness (QED) is 0.634. The van der Waals surface area contributed by atoms with Gasteiger partial charge in [-0.25, -0.2) is 0 Å². The number of benzene rings is 1. The third kappa shape index (κ3) is 1.79. The number of rotatable bonds is 1. The first-order valence-corrected chi connectivity index (χ1v) is 4.58. The molecule has 0 aliphatic carbocycles. The minimum Gasteiger partial charge on any atom is -0.372 e. The van der Waals surface area contributed by atoms with E-state index in [1.54, 1.807) is 0 Å². The fourth-order valence-electron chi connectivity index (χ4n) is 1.36. The maximum absolute atomic E-state index is 9.02. The molecule has 1 unspecified atom stereocenters. The lowest BCUT2D eigenvalue weighted by atomic mass is 10.1. The molecular formula is C9H13OP. The summed E-state index contributed by atoms with van der Waals surface area (Å²) in [6.45, 7) is 6.15. The van der Waals surface area contributed by atoms with Gasteiger partial charge >= 0.3 is 0 Å². The van der Waals surface area contributed by atoms with Crippen LogP contribution in [-0.2, 0) is 0 Å². The lowest BCUT2D eigenvalue weighted by Crippen LogP contribution is -2.04. The highest BCUT2D eigenvalue weighted by molar-refractivity contribution is 7.41. The summed E-state index contributed by atoms with van der Waals surface area (Å²) < 4.78 is 0. The van der Waals surface area contributed by atoms with Crippen LogP contribution in [0.3, 0.4) is 0 Å². The van der Waals surface area contributed by atoms with Crippen LogP contribution >= 0.6 is 8.81 Å². The molecule has 0 bridgehead atoms. The van der Waals surface area contributed by atoms with Crippen molar-refractivity contribution in [2.75, 3.05) is 0 Å². The molecule has 0 spiro atoms. The summed E-state index contributed by atoms with van der Waals surface area (Å²) in [7, 11) is -0.0759. The van der Waals surface area contributed by atoms with Crippen molar-refractivity contribution < 1.29 is 4.89 Å². The zero-order chi connectivity index (χ0) is 8.43. The second-order valence-electron chi connectivity index (χ2n) is 2.89. The summed E-state index contributed by atoms with van der Waals surface area (Å²) in [4.78, 5) is 9.02. The van der Waals surface area contributed by atoms with Crippen molar-refractivity contribution in [3.05, 3.63) is 28.8 Å². The van der Waals surface area contributed by atoms with E-state index in [-0.39, 0.29) is 8.81 Å². The molecule has 0 saturated carbocycles. The molecular weight excluding hydrogens is 155 g/mol. The molecule has 1 aromatic carbocycles. The van der Waals surface area contributed by atoms with Crippen molar-refractivity contribution in [1.82, 2.24) is 0 Å². The molecule has 0 fully saturated rings. The van der Waals surface area contributed by atoms with Gasteiger partial charge in [0.25, 0.3) is 0 Å². The monoisotopic (exact) mass is 168 g/mol. The number of aryl methyl sites for hydroxylation is 3. The standard InChI is InChI=1S/C9H13OP/c1-6-4-7(2)9(11-10)8(3)5-6/h4-5,10-11H,1-3H3. The molecule has 1 aromatic rings. The SMILES string of the molecule is Cc1cc(C)c(PO)c(C)c1. The van der Waals surface area contributed by atoms with Gasteiger partial charge in [-0.05, 0) is 31.9 Å². The summed E-state index contributed by atoms with van der Waals surface area (Å²) in [5.74, 6) is 0. The molecule has 60 valence electrons. The first kappa shape index (κ1) is 8.70. The number of hydrogen-bond acceptors (Lipinski definition) is 1. The molecule has 0 amide bonds. The second-order valence-corrected chi connectivity index (χ2v) is 3.61. The van der Waals surface area contributed by atoms with Gasteiger partial charge in [0.15, 0.2) is 0 Å². The van der Waals surface area contributed by atoms with E-state index in [2.05, 4.69) is 19.1 Å². The van der Waals surface area contributed by atoms with E-state index in [1.807, 2.05) is 13.8 Å². The molecule has 1 nitrogen and oxygen atoms in total. The van der Waals surface area contributed by atoms with E-state index in [1.165, 1.54) is 16.7 Å². The van der Waals surface area contributed by atoms with Crippen LogP contribution in [-0.4, -0.2) is 4.89 Å². The minimum atomic E-state index is -0.0759. The lowest BCUT2D eigenvalue weighted by Gasteiger charge is -2.06. The van der Waals surface area contributed by atoms with E-state index in [0.29, 0.717) is 0 Å². The summed E-state index contributed by atoms with van der Waals surface area (Å²) in [5.41, 5.74) is 3.66. The van der Waals surface area contributed by atoms with E-state index < -0.39 is 0 Å². The van der Waals surface area contributed by atoms with Crippen LogP contribution in [0.5, 0.6) is 0 Å². The smallest absolute Gasteiger partial charge is 0.0425 e. The normalized spacial score (nSPS) is 11.3. The highest BCUT2D eigenvalue weighted by Crippen LogP contribution is 2.14. The van der Waals surface area contributed by atoms with Gasteiger partial charge in [0.2, 0.25) is 0 Å². The average molecular weight is 168 g/mol. The fraction of sp³-hybridized carbons (Fsp3) is 0.333. The van der Waals surface area contributed by atoms with Crippen molar-refractivity contribution in [3.8, 4) is 0 Å². The van der Waals surface area contributed by atoms with Crippen molar-refractivity contribution in [2.24, 2.45) is 0 Å². The van der Waals surface area contributed by atoms with Crippen LogP contribution in [0, 0.1) is 20.8 Å². The van der Waals surface area contributed by atoms with Crippen LogP contribution in [0.2, 0.25) is 0 Å². The van der Waals surface area contributed by atoms with E-state index >= 15 is 0 Å². The molecule has 1 N–H and O–H groups in total. The van der Waals surface area contributed by atoms with Gasteiger partial charge in [0.05, 0.1) is 0 Å². The Morgan fingerprint density at radius 2 is 1.55 bits per heavy atom. The molecule has 0 heterocycles. The largest absolute Gasteiger partial charge is 0.372 e. The molecule has 0 radical (unpaired) electrons. The third-order valence-corrected chi connectivity index (χ3v) is 2.80. The maximum atomic E-state index is 9.02. The number of hydrogen-bond donors (Lipinski definition) is 1. The molecule has 0 aliphatic rings. The summed E-state index contributed by atoms with van der Waals surface area (Å²) in [5, 5.41) is 1.09. The highest BCUT2D eigenvalue weighted by atomic mass is 31.1. The molecule has 1 rings (SSSR count). The van der Waals surface area contributed by atoms with Gasteiger partial charge in [0.1, 0.15) is 0 Å². The van der Waals surface area contributed by atoms with Crippen LogP contribution in [0.1, 0.15) is 16.7 Å². The Balaban J connectivity index is 3.25. The van der Waals surface area contributed by atoms with Crippen molar-refractivity contribution >= 4 is 14.1 Å². The molecule has 2 heteroatoms. The first-order chi connectivity index (χ1) is 5.15. The van der Waals surface area contributed by atoms with Crippen molar-refractivity contribution in [1.29, 1.82) is 0 Å². The predicted molar refractivity (Wildman–Crippen MR) is 50.8 cm³/mol. The van der Waals surface area contributed by atoms with Crippen LogP contribution < -0.4 is 5.30 Å². The van der Waals surface area contributed by atoms with Crippen LogP contribution in [0.25, 0.3) is 0 Å². The van der Waals surface area contributed by atoms with Gasteiger partial charge in [-0.1, -0.05) is 17.7 Å². The lowest BCUT2D eigenvalue weighted by molar-refractivity contribution is 0.654. The van der Waals surface area contributed by atoms with Gasteiger partial charge in [0, 0.05) is 14.1 Å². The highest BCUT2D eigenvalue weighted by Gasteiger charge is 2.01. The molecule has 0 saturated heterocycles. The Hall–Kier alpha value is -0.390. The molecule has 1 atom stereocenters. The Kier molecular flexibility index (Phi) is 2.64. The van der Waals surface area contributed by atoms with Gasteiger partial charge in [-0.15, -0.1) is 0 Å².